The molecular weight excluding hydrogens is 286 g/mol. The second-order valence-corrected chi connectivity index (χ2v) is 6.30. The van der Waals surface area contributed by atoms with E-state index in [4.69, 9.17) is 9.84 Å². The van der Waals surface area contributed by atoms with Crippen LogP contribution in [-0.4, -0.2) is 54.1 Å². The summed E-state index contributed by atoms with van der Waals surface area (Å²) in [5.74, 6) is 2.84. The summed E-state index contributed by atoms with van der Waals surface area (Å²) in [5, 5.41) is 21.8. The van der Waals surface area contributed by atoms with Crippen LogP contribution in [0.2, 0.25) is 0 Å². The first-order valence-corrected chi connectivity index (χ1v) is 8.57. The van der Waals surface area contributed by atoms with Crippen LogP contribution in [-0.2, 0) is 0 Å². The fraction of sp³-hybridized carbons (Fsp3) is 0.625. The van der Waals surface area contributed by atoms with Crippen molar-refractivity contribution in [2.45, 2.75) is 26.4 Å². The van der Waals surface area contributed by atoms with E-state index in [2.05, 4.69) is 5.32 Å². The Morgan fingerprint density at radius 1 is 1.24 bits per heavy atom. The molecule has 0 spiro atoms. The molecule has 1 aromatic rings. The number of rotatable bonds is 11. The van der Waals surface area contributed by atoms with E-state index in [1.54, 1.807) is 0 Å². The van der Waals surface area contributed by atoms with E-state index in [1.807, 2.05) is 43.8 Å². The van der Waals surface area contributed by atoms with Crippen molar-refractivity contribution < 1.29 is 14.9 Å². The molecule has 4 nitrogen and oxygen atoms in total. The van der Waals surface area contributed by atoms with Crippen LogP contribution in [0.1, 0.15) is 17.5 Å². The molecule has 5 heteroatoms. The lowest BCUT2D eigenvalue weighted by Crippen LogP contribution is -2.32. The number of hydrogen-bond donors (Lipinski definition) is 3. The predicted octanol–water partition coefficient (Wildman–Crippen LogP) is 1.75. The Labute approximate surface area is 131 Å². The van der Waals surface area contributed by atoms with E-state index in [0.717, 1.165) is 41.3 Å². The number of benzene rings is 1. The van der Waals surface area contributed by atoms with Gasteiger partial charge in [-0.2, -0.15) is 11.8 Å². The highest BCUT2D eigenvalue weighted by Crippen LogP contribution is 2.22. The molecule has 1 atom stereocenters. The Bertz CT molecular complexity index is 381. The molecule has 0 amide bonds. The fourth-order valence-electron chi connectivity index (χ4n) is 1.95. The summed E-state index contributed by atoms with van der Waals surface area (Å²) in [5.41, 5.74) is 2.19. The molecule has 120 valence electrons. The van der Waals surface area contributed by atoms with Gasteiger partial charge in [-0.3, -0.25) is 0 Å². The first kappa shape index (κ1) is 18.3. The minimum Gasteiger partial charge on any atom is -0.490 e. The minimum absolute atomic E-state index is 0.259. The lowest BCUT2D eigenvalue weighted by Gasteiger charge is -2.16. The Hall–Kier alpha value is -0.750. The Kier molecular flexibility index (Phi) is 9.50. The number of nitrogens with one attached hydrogen (secondary N) is 1. The highest BCUT2D eigenvalue weighted by atomic mass is 32.2. The molecule has 0 fully saturated rings. The van der Waals surface area contributed by atoms with E-state index >= 15 is 0 Å². The van der Waals surface area contributed by atoms with E-state index in [0.29, 0.717) is 13.2 Å². The third-order valence-corrected chi connectivity index (χ3v) is 4.15. The Morgan fingerprint density at radius 2 is 1.95 bits per heavy atom. The van der Waals surface area contributed by atoms with Gasteiger partial charge in [-0.1, -0.05) is 18.2 Å². The standard InChI is InChI=1S/C16H27NO3S/c1-13-5-3-6-14(2)16(13)20-12-15(19)11-17-7-10-21-9-4-8-18/h3,5-6,15,17-19H,4,7-12H2,1-2H3. The van der Waals surface area contributed by atoms with Crippen LogP contribution >= 0.6 is 11.8 Å². The number of aryl methyl sites for hydroxylation is 2. The van der Waals surface area contributed by atoms with Crippen LogP contribution in [0.4, 0.5) is 0 Å². The van der Waals surface area contributed by atoms with Gasteiger partial charge in [0.2, 0.25) is 0 Å². The number of para-hydroxylation sites is 1. The molecule has 1 aromatic carbocycles. The molecular formula is C16H27NO3S. The second kappa shape index (κ2) is 10.9. The normalized spacial score (nSPS) is 12.4. The Balaban J connectivity index is 2.12. The van der Waals surface area contributed by atoms with Crippen molar-refractivity contribution in [2.24, 2.45) is 0 Å². The van der Waals surface area contributed by atoms with Crippen LogP contribution in [0, 0.1) is 13.8 Å². The molecule has 0 aliphatic carbocycles. The number of aliphatic hydroxyl groups is 2. The summed E-state index contributed by atoms with van der Waals surface area (Å²) in [7, 11) is 0. The minimum atomic E-state index is -0.508. The topological polar surface area (TPSA) is 61.7 Å². The second-order valence-electron chi connectivity index (χ2n) is 5.08. The smallest absolute Gasteiger partial charge is 0.125 e. The van der Waals surface area contributed by atoms with Crippen molar-refractivity contribution in [1.82, 2.24) is 5.32 Å². The maximum absolute atomic E-state index is 9.91. The molecule has 1 unspecified atom stereocenters. The number of ether oxygens (including phenoxy) is 1. The summed E-state index contributed by atoms with van der Waals surface area (Å²) < 4.78 is 5.72. The van der Waals surface area contributed by atoms with Gasteiger partial charge in [-0.15, -0.1) is 0 Å². The molecule has 0 radical (unpaired) electrons. The van der Waals surface area contributed by atoms with Crippen molar-refractivity contribution in [3.63, 3.8) is 0 Å². The predicted molar refractivity (Wildman–Crippen MR) is 89.3 cm³/mol. The van der Waals surface area contributed by atoms with Gasteiger partial charge in [0.25, 0.3) is 0 Å². The quantitative estimate of drug-likeness (QED) is 0.543. The first-order valence-electron chi connectivity index (χ1n) is 7.41. The Morgan fingerprint density at radius 3 is 2.62 bits per heavy atom. The first-order chi connectivity index (χ1) is 10.1. The SMILES string of the molecule is Cc1cccc(C)c1OCC(O)CNCCSCCCO. The zero-order chi connectivity index (χ0) is 15.5. The summed E-state index contributed by atoms with van der Waals surface area (Å²) in [6.45, 7) is 5.97. The average molecular weight is 313 g/mol. The van der Waals surface area contributed by atoms with Gasteiger partial charge in [0.05, 0.1) is 0 Å². The highest BCUT2D eigenvalue weighted by molar-refractivity contribution is 7.99. The van der Waals surface area contributed by atoms with E-state index in [9.17, 15) is 5.11 Å². The van der Waals surface area contributed by atoms with Gasteiger partial charge in [0.15, 0.2) is 0 Å². The van der Waals surface area contributed by atoms with Crippen molar-refractivity contribution in [1.29, 1.82) is 0 Å². The van der Waals surface area contributed by atoms with Gasteiger partial charge in [0, 0.05) is 25.4 Å². The lowest BCUT2D eigenvalue weighted by atomic mass is 10.1. The molecule has 0 bridgehead atoms. The van der Waals surface area contributed by atoms with Gasteiger partial charge in [0.1, 0.15) is 18.5 Å². The summed E-state index contributed by atoms with van der Waals surface area (Å²) in [6, 6.07) is 6.02. The fourth-order valence-corrected chi connectivity index (χ4v) is 2.77. The van der Waals surface area contributed by atoms with Crippen LogP contribution in [0.15, 0.2) is 18.2 Å². The van der Waals surface area contributed by atoms with Gasteiger partial charge < -0.3 is 20.3 Å². The van der Waals surface area contributed by atoms with Crippen LogP contribution in [0.5, 0.6) is 5.75 Å². The molecule has 0 heterocycles. The van der Waals surface area contributed by atoms with E-state index in [-0.39, 0.29) is 6.61 Å². The summed E-state index contributed by atoms with van der Waals surface area (Å²) >= 11 is 1.81. The van der Waals surface area contributed by atoms with Crippen molar-refractivity contribution >= 4 is 11.8 Å². The molecule has 0 saturated carbocycles. The third-order valence-electron chi connectivity index (χ3n) is 3.08. The van der Waals surface area contributed by atoms with Gasteiger partial charge in [-0.05, 0) is 37.1 Å². The monoisotopic (exact) mass is 313 g/mol. The van der Waals surface area contributed by atoms with Crippen LogP contribution in [0.3, 0.4) is 0 Å². The van der Waals surface area contributed by atoms with Gasteiger partial charge in [-0.25, -0.2) is 0 Å². The van der Waals surface area contributed by atoms with Crippen molar-refractivity contribution in [2.75, 3.05) is 37.8 Å². The molecule has 3 N–H and O–H groups in total. The van der Waals surface area contributed by atoms with E-state index in [1.165, 1.54) is 0 Å². The zero-order valence-corrected chi connectivity index (χ0v) is 13.8. The number of hydrogen-bond acceptors (Lipinski definition) is 5. The molecule has 0 aliphatic rings. The highest BCUT2D eigenvalue weighted by Gasteiger charge is 2.08. The van der Waals surface area contributed by atoms with Crippen LogP contribution in [0.25, 0.3) is 0 Å². The maximum atomic E-state index is 9.91. The molecule has 0 aromatic heterocycles. The van der Waals surface area contributed by atoms with Crippen molar-refractivity contribution in [3.8, 4) is 5.75 Å². The average Bonchev–Trinajstić information content (AvgIpc) is 2.46. The lowest BCUT2D eigenvalue weighted by molar-refractivity contribution is 0.106. The summed E-state index contributed by atoms with van der Waals surface area (Å²) in [4.78, 5) is 0. The third kappa shape index (κ3) is 7.71. The largest absolute Gasteiger partial charge is 0.490 e. The zero-order valence-electron chi connectivity index (χ0n) is 13.0. The van der Waals surface area contributed by atoms with Gasteiger partial charge >= 0.3 is 0 Å². The van der Waals surface area contributed by atoms with Crippen LogP contribution < -0.4 is 10.1 Å². The molecule has 0 aliphatic heterocycles. The van der Waals surface area contributed by atoms with Crippen molar-refractivity contribution in [3.05, 3.63) is 29.3 Å². The van der Waals surface area contributed by atoms with E-state index < -0.39 is 6.10 Å². The molecule has 21 heavy (non-hydrogen) atoms. The molecule has 1 rings (SSSR count). The number of thioether (sulfide) groups is 1. The number of aliphatic hydroxyl groups excluding tert-OH is 2. The summed E-state index contributed by atoms with van der Waals surface area (Å²) in [6.07, 6.45) is 0.336. The maximum Gasteiger partial charge on any atom is 0.125 e. The molecule has 0 saturated heterocycles.